The van der Waals surface area contributed by atoms with Crippen molar-refractivity contribution in [3.05, 3.63) is 30.1 Å². The Balaban J connectivity index is 1.88. The van der Waals surface area contributed by atoms with Gasteiger partial charge in [0.2, 0.25) is 0 Å². The molecule has 1 aliphatic heterocycles. The Bertz CT molecular complexity index is 503. The number of hydrogen-bond acceptors (Lipinski definition) is 3. The first-order valence-electron chi connectivity index (χ1n) is 6.62. The number of carboxylic acid groups (broad SMARTS) is 1. The Hall–Kier alpha value is -1.91. The summed E-state index contributed by atoms with van der Waals surface area (Å²) in [7, 11) is 0. The van der Waals surface area contributed by atoms with Crippen molar-refractivity contribution in [2.45, 2.75) is 25.3 Å². The zero-order chi connectivity index (χ0) is 13.4. The first kappa shape index (κ1) is 12.1. The highest BCUT2D eigenvalue weighted by Crippen LogP contribution is 2.42. The number of rotatable bonds is 2. The zero-order valence-electron chi connectivity index (χ0n) is 10.5. The van der Waals surface area contributed by atoms with Gasteiger partial charge in [-0.2, -0.15) is 0 Å². The van der Waals surface area contributed by atoms with E-state index in [1.807, 2.05) is 0 Å². The van der Waals surface area contributed by atoms with Gasteiger partial charge in [-0.25, -0.2) is 4.79 Å². The summed E-state index contributed by atoms with van der Waals surface area (Å²) in [6, 6.07) is 2.61. The number of carboxylic acids is 1. The topological polar surface area (TPSA) is 70.5 Å². The van der Waals surface area contributed by atoms with Crippen LogP contribution in [0.4, 0.5) is 0 Å². The molecule has 3 atom stereocenters. The van der Waals surface area contributed by atoms with Crippen LogP contribution in [0.1, 0.15) is 29.6 Å². The zero-order valence-corrected chi connectivity index (χ0v) is 10.5. The maximum atomic E-state index is 12.4. The fraction of sp³-hybridized carbons (Fsp3) is 0.500. The average Bonchev–Trinajstić information content (AvgIpc) is 2.98. The smallest absolute Gasteiger partial charge is 0.326 e. The molecule has 1 N–H and O–H groups in total. The van der Waals surface area contributed by atoms with Crippen LogP contribution >= 0.6 is 0 Å². The van der Waals surface area contributed by atoms with Crippen LogP contribution in [0, 0.1) is 11.8 Å². The minimum Gasteiger partial charge on any atom is -0.480 e. The first-order valence-corrected chi connectivity index (χ1v) is 6.62. The lowest BCUT2D eigenvalue weighted by Crippen LogP contribution is -2.43. The van der Waals surface area contributed by atoms with Crippen LogP contribution in [-0.2, 0) is 4.79 Å². The van der Waals surface area contributed by atoms with Crippen LogP contribution in [0.25, 0.3) is 0 Å². The summed E-state index contributed by atoms with van der Waals surface area (Å²) < 4.78 is 0. The molecule has 1 aromatic rings. The summed E-state index contributed by atoms with van der Waals surface area (Å²) in [5, 5.41) is 9.42. The van der Waals surface area contributed by atoms with Crippen LogP contribution in [0.15, 0.2) is 24.5 Å². The largest absolute Gasteiger partial charge is 0.480 e. The second kappa shape index (κ2) is 4.64. The monoisotopic (exact) mass is 260 g/mol. The molecule has 1 saturated carbocycles. The number of aromatic nitrogens is 1. The van der Waals surface area contributed by atoms with E-state index >= 15 is 0 Å². The molecule has 5 nitrogen and oxygen atoms in total. The van der Waals surface area contributed by atoms with E-state index in [9.17, 15) is 14.7 Å². The average molecular weight is 260 g/mol. The summed E-state index contributed by atoms with van der Waals surface area (Å²) in [5.41, 5.74) is 0.515. The number of likely N-dealkylation sites (tertiary alicyclic amines) is 1. The Morgan fingerprint density at radius 3 is 2.68 bits per heavy atom. The van der Waals surface area contributed by atoms with Gasteiger partial charge < -0.3 is 10.0 Å². The second-order valence-electron chi connectivity index (χ2n) is 5.33. The van der Waals surface area contributed by atoms with Crippen LogP contribution in [0.5, 0.6) is 0 Å². The number of aliphatic carboxylic acids is 1. The minimum atomic E-state index is -0.878. The van der Waals surface area contributed by atoms with Crippen molar-refractivity contribution in [1.29, 1.82) is 0 Å². The van der Waals surface area contributed by atoms with Crippen molar-refractivity contribution in [3.63, 3.8) is 0 Å². The molecule has 0 spiro atoms. The van der Waals surface area contributed by atoms with Gasteiger partial charge in [-0.15, -0.1) is 0 Å². The van der Waals surface area contributed by atoms with E-state index in [-0.39, 0.29) is 11.8 Å². The molecule has 0 radical (unpaired) electrons. The molecule has 100 valence electrons. The predicted octanol–water partition coefficient (Wildman–Crippen LogP) is 1.41. The van der Waals surface area contributed by atoms with E-state index < -0.39 is 12.0 Å². The Kier molecular flexibility index (Phi) is 2.97. The van der Waals surface area contributed by atoms with E-state index in [1.54, 1.807) is 24.5 Å². The van der Waals surface area contributed by atoms with E-state index in [0.717, 1.165) is 19.3 Å². The predicted molar refractivity (Wildman–Crippen MR) is 67.5 cm³/mol. The van der Waals surface area contributed by atoms with Crippen molar-refractivity contribution < 1.29 is 14.7 Å². The molecule has 2 aliphatic rings. The normalized spacial score (nSPS) is 29.3. The Morgan fingerprint density at radius 1 is 1.26 bits per heavy atom. The Morgan fingerprint density at radius 2 is 2.00 bits per heavy atom. The molecular formula is C14H16N2O3. The molecule has 0 unspecified atom stereocenters. The lowest BCUT2D eigenvalue weighted by atomic mass is 9.94. The highest BCUT2D eigenvalue weighted by Gasteiger charge is 2.49. The van der Waals surface area contributed by atoms with Crippen molar-refractivity contribution in [2.24, 2.45) is 11.8 Å². The molecule has 2 fully saturated rings. The third-order valence-corrected chi connectivity index (χ3v) is 4.33. The number of hydrogen-bond donors (Lipinski definition) is 1. The molecule has 1 saturated heterocycles. The fourth-order valence-electron chi connectivity index (χ4n) is 3.49. The molecule has 2 heterocycles. The van der Waals surface area contributed by atoms with Gasteiger partial charge in [0.25, 0.3) is 5.91 Å². The highest BCUT2D eigenvalue weighted by molar-refractivity contribution is 5.97. The number of pyridine rings is 1. The first-order chi connectivity index (χ1) is 9.18. The molecule has 19 heavy (non-hydrogen) atoms. The lowest BCUT2D eigenvalue weighted by Gasteiger charge is -2.24. The second-order valence-corrected chi connectivity index (χ2v) is 5.33. The molecule has 1 aliphatic carbocycles. The quantitative estimate of drug-likeness (QED) is 0.872. The van der Waals surface area contributed by atoms with Gasteiger partial charge in [0.15, 0.2) is 0 Å². The van der Waals surface area contributed by atoms with Crippen LogP contribution in [0.2, 0.25) is 0 Å². The third-order valence-electron chi connectivity index (χ3n) is 4.33. The molecule has 1 aromatic heterocycles. The van der Waals surface area contributed by atoms with E-state index in [4.69, 9.17) is 0 Å². The summed E-state index contributed by atoms with van der Waals surface area (Å²) in [6.45, 7) is 0.572. The maximum Gasteiger partial charge on any atom is 0.326 e. The maximum absolute atomic E-state index is 12.4. The van der Waals surface area contributed by atoms with Gasteiger partial charge in [-0.05, 0) is 36.8 Å². The summed E-state index contributed by atoms with van der Waals surface area (Å²) in [5.74, 6) is -0.587. The molecule has 0 aromatic carbocycles. The lowest BCUT2D eigenvalue weighted by molar-refractivity contribution is -0.142. The SMILES string of the molecule is O=C(O)[C@@H]1[C@@H]2CCC[C@H]2CN1C(=O)c1ccncc1. The third kappa shape index (κ3) is 1.99. The Labute approximate surface area is 111 Å². The highest BCUT2D eigenvalue weighted by atomic mass is 16.4. The minimum absolute atomic E-state index is 0.128. The standard InChI is InChI=1S/C14H16N2O3/c17-13(9-4-6-15-7-5-9)16-8-10-2-1-3-11(10)12(16)14(18)19/h4-7,10-12H,1-3,8H2,(H,18,19)/t10-,11+,12-/m0/s1. The number of nitrogens with zero attached hydrogens (tertiary/aromatic N) is 2. The van der Waals surface area contributed by atoms with Gasteiger partial charge in [-0.3, -0.25) is 9.78 Å². The van der Waals surface area contributed by atoms with E-state index in [0.29, 0.717) is 18.0 Å². The number of amides is 1. The molecule has 5 heteroatoms. The molecule has 1 amide bonds. The molecule has 3 rings (SSSR count). The van der Waals surface area contributed by atoms with Crippen LogP contribution < -0.4 is 0 Å². The van der Waals surface area contributed by atoms with Crippen LogP contribution in [0.3, 0.4) is 0 Å². The molecule has 0 bridgehead atoms. The van der Waals surface area contributed by atoms with E-state index in [2.05, 4.69) is 4.98 Å². The van der Waals surface area contributed by atoms with Crippen molar-refractivity contribution in [3.8, 4) is 0 Å². The summed E-state index contributed by atoms with van der Waals surface area (Å²) in [4.78, 5) is 29.3. The number of carbonyl (C=O) groups is 2. The van der Waals surface area contributed by atoms with E-state index in [1.165, 1.54) is 4.90 Å². The van der Waals surface area contributed by atoms with Crippen molar-refractivity contribution in [1.82, 2.24) is 9.88 Å². The van der Waals surface area contributed by atoms with Gasteiger partial charge in [0.1, 0.15) is 6.04 Å². The number of carbonyl (C=O) groups excluding carboxylic acids is 1. The fourth-order valence-corrected chi connectivity index (χ4v) is 3.49. The summed E-state index contributed by atoms with van der Waals surface area (Å²) in [6.07, 6.45) is 6.15. The van der Waals surface area contributed by atoms with Crippen molar-refractivity contribution >= 4 is 11.9 Å². The van der Waals surface area contributed by atoms with Gasteiger partial charge in [-0.1, -0.05) is 6.42 Å². The van der Waals surface area contributed by atoms with Crippen LogP contribution in [-0.4, -0.2) is 39.5 Å². The van der Waals surface area contributed by atoms with Gasteiger partial charge >= 0.3 is 5.97 Å². The summed E-state index contributed by atoms with van der Waals surface area (Å²) >= 11 is 0. The van der Waals surface area contributed by atoms with Gasteiger partial charge in [0.05, 0.1) is 0 Å². The molecular weight excluding hydrogens is 244 g/mol. The number of fused-ring (bicyclic) bond motifs is 1. The van der Waals surface area contributed by atoms with Crippen molar-refractivity contribution in [2.75, 3.05) is 6.54 Å². The van der Waals surface area contributed by atoms with Gasteiger partial charge in [0, 0.05) is 24.5 Å².